The topological polar surface area (TPSA) is 49.5 Å². The Morgan fingerprint density at radius 2 is 2.12 bits per heavy atom. The third kappa shape index (κ3) is 4.56. The summed E-state index contributed by atoms with van der Waals surface area (Å²) in [6.07, 6.45) is 0.469. The minimum atomic E-state index is -0.280. The van der Waals surface area contributed by atoms with Crippen LogP contribution in [0.5, 0.6) is 0 Å². The lowest BCUT2D eigenvalue weighted by Crippen LogP contribution is -2.37. The van der Waals surface area contributed by atoms with E-state index in [2.05, 4.69) is 4.90 Å². The Balaban J connectivity index is 2.72. The van der Waals surface area contributed by atoms with Gasteiger partial charge in [-0.3, -0.25) is 4.90 Å². The summed E-state index contributed by atoms with van der Waals surface area (Å²) in [6.45, 7) is 4.62. The molecule has 0 saturated carbocycles. The molecule has 3 atom stereocenters. The standard InChI is InChI=1S/C12H21ClN2OS/c1-8(16)6-7-15(3)12(9(2)14)10-4-5-11(13)17-10/h4-5,8-9,12,16H,6-7,14H2,1-3H3. The summed E-state index contributed by atoms with van der Waals surface area (Å²) in [6, 6.07) is 4.12. The van der Waals surface area contributed by atoms with Gasteiger partial charge in [-0.1, -0.05) is 11.6 Å². The van der Waals surface area contributed by atoms with Crippen LogP contribution < -0.4 is 5.73 Å². The molecule has 0 aliphatic rings. The molecule has 3 nitrogen and oxygen atoms in total. The predicted octanol–water partition coefficient (Wildman–Crippen LogP) is 2.49. The first-order valence-electron chi connectivity index (χ1n) is 5.81. The first kappa shape index (κ1) is 14.9. The molecule has 3 unspecified atom stereocenters. The summed E-state index contributed by atoms with van der Waals surface area (Å²) in [5.74, 6) is 0. The average Bonchev–Trinajstić information content (AvgIpc) is 2.61. The highest BCUT2D eigenvalue weighted by Gasteiger charge is 2.22. The van der Waals surface area contributed by atoms with Crippen LogP contribution in [0, 0.1) is 0 Å². The summed E-state index contributed by atoms with van der Waals surface area (Å²) in [7, 11) is 2.03. The highest BCUT2D eigenvalue weighted by molar-refractivity contribution is 7.16. The molecule has 0 amide bonds. The molecule has 0 saturated heterocycles. The van der Waals surface area contributed by atoms with Crippen LogP contribution in [-0.4, -0.2) is 35.7 Å². The van der Waals surface area contributed by atoms with Gasteiger partial charge in [-0.2, -0.15) is 0 Å². The average molecular weight is 277 g/mol. The van der Waals surface area contributed by atoms with Crippen molar-refractivity contribution in [3.8, 4) is 0 Å². The lowest BCUT2D eigenvalue weighted by Gasteiger charge is -2.30. The molecule has 17 heavy (non-hydrogen) atoms. The van der Waals surface area contributed by atoms with Crippen molar-refractivity contribution in [3.63, 3.8) is 0 Å². The molecule has 0 aliphatic carbocycles. The minimum absolute atomic E-state index is 0.0312. The molecule has 0 fully saturated rings. The zero-order valence-electron chi connectivity index (χ0n) is 10.6. The van der Waals surface area contributed by atoms with E-state index in [1.54, 1.807) is 18.3 Å². The van der Waals surface area contributed by atoms with Gasteiger partial charge >= 0.3 is 0 Å². The number of thiophene rings is 1. The van der Waals surface area contributed by atoms with Gasteiger partial charge < -0.3 is 10.8 Å². The molecule has 0 radical (unpaired) electrons. The fourth-order valence-corrected chi connectivity index (χ4v) is 3.24. The third-order valence-corrected chi connectivity index (χ3v) is 4.06. The van der Waals surface area contributed by atoms with Gasteiger partial charge in [0.2, 0.25) is 0 Å². The van der Waals surface area contributed by atoms with Gasteiger partial charge in [0.25, 0.3) is 0 Å². The zero-order valence-corrected chi connectivity index (χ0v) is 12.1. The Labute approximate surface area is 112 Å². The van der Waals surface area contributed by atoms with Crippen molar-refractivity contribution in [3.05, 3.63) is 21.3 Å². The first-order valence-corrected chi connectivity index (χ1v) is 7.00. The molecule has 1 aromatic heterocycles. The van der Waals surface area contributed by atoms with E-state index in [1.807, 2.05) is 26.1 Å². The molecule has 1 aromatic rings. The molecular weight excluding hydrogens is 256 g/mol. The monoisotopic (exact) mass is 276 g/mol. The fourth-order valence-electron chi connectivity index (χ4n) is 1.89. The molecular formula is C12H21ClN2OS. The summed E-state index contributed by atoms with van der Waals surface area (Å²) >= 11 is 7.53. The highest BCUT2D eigenvalue weighted by Crippen LogP contribution is 2.31. The minimum Gasteiger partial charge on any atom is -0.393 e. The van der Waals surface area contributed by atoms with Crippen molar-refractivity contribution >= 4 is 22.9 Å². The molecule has 0 aromatic carbocycles. The molecule has 98 valence electrons. The number of hydrogen-bond acceptors (Lipinski definition) is 4. The molecule has 0 bridgehead atoms. The summed E-state index contributed by atoms with van der Waals surface area (Å²) in [4.78, 5) is 3.36. The van der Waals surface area contributed by atoms with Crippen molar-refractivity contribution in [1.82, 2.24) is 4.90 Å². The van der Waals surface area contributed by atoms with Crippen LogP contribution in [-0.2, 0) is 0 Å². The quantitative estimate of drug-likeness (QED) is 0.839. The second-order valence-corrected chi connectivity index (χ2v) is 6.31. The molecule has 1 heterocycles. The van der Waals surface area contributed by atoms with Gasteiger partial charge in [-0.15, -0.1) is 11.3 Å². The Morgan fingerprint density at radius 1 is 1.47 bits per heavy atom. The lowest BCUT2D eigenvalue weighted by atomic mass is 10.1. The van der Waals surface area contributed by atoms with Gasteiger partial charge in [0.05, 0.1) is 16.5 Å². The van der Waals surface area contributed by atoms with E-state index in [9.17, 15) is 5.11 Å². The van der Waals surface area contributed by atoms with Crippen molar-refractivity contribution < 1.29 is 5.11 Å². The maximum Gasteiger partial charge on any atom is 0.0931 e. The van der Waals surface area contributed by atoms with Crippen LogP contribution in [0.4, 0.5) is 0 Å². The number of likely N-dealkylation sites (N-methyl/N-ethyl adjacent to an activating group) is 1. The number of aliphatic hydroxyl groups is 1. The van der Waals surface area contributed by atoms with Crippen LogP contribution in [0.15, 0.2) is 12.1 Å². The normalized spacial score (nSPS) is 17.1. The van der Waals surface area contributed by atoms with E-state index in [-0.39, 0.29) is 18.2 Å². The first-order chi connectivity index (χ1) is 7.91. The van der Waals surface area contributed by atoms with E-state index in [0.717, 1.165) is 17.3 Å². The van der Waals surface area contributed by atoms with E-state index in [4.69, 9.17) is 17.3 Å². The number of nitrogens with zero attached hydrogens (tertiary/aromatic N) is 1. The van der Waals surface area contributed by atoms with Gasteiger partial charge in [-0.25, -0.2) is 0 Å². The summed E-state index contributed by atoms with van der Waals surface area (Å²) in [5.41, 5.74) is 6.04. The second kappa shape index (κ2) is 6.71. The van der Waals surface area contributed by atoms with Gasteiger partial charge in [0.1, 0.15) is 0 Å². The Morgan fingerprint density at radius 3 is 2.53 bits per heavy atom. The van der Waals surface area contributed by atoms with Crippen molar-refractivity contribution in [2.24, 2.45) is 5.73 Å². The fraction of sp³-hybridized carbons (Fsp3) is 0.667. The number of hydrogen-bond donors (Lipinski definition) is 2. The van der Waals surface area contributed by atoms with Gasteiger partial charge in [-0.05, 0) is 39.4 Å². The maximum atomic E-state index is 9.32. The lowest BCUT2D eigenvalue weighted by molar-refractivity contribution is 0.144. The molecule has 5 heteroatoms. The van der Waals surface area contributed by atoms with Crippen LogP contribution in [0.1, 0.15) is 31.2 Å². The van der Waals surface area contributed by atoms with E-state index in [1.165, 1.54) is 4.88 Å². The predicted molar refractivity (Wildman–Crippen MR) is 74.6 cm³/mol. The van der Waals surface area contributed by atoms with Crippen molar-refractivity contribution in [2.45, 2.75) is 38.5 Å². The smallest absolute Gasteiger partial charge is 0.0931 e. The van der Waals surface area contributed by atoms with E-state index in [0.29, 0.717) is 0 Å². The molecule has 0 spiro atoms. The number of nitrogens with two attached hydrogens (primary N) is 1. The number of rotatable bonds is 6. The Kier molecular flexibility index (Phi) is 5.89. The Hall–Kier alpha value is -0.130. The van der Waals surface area contributed by atoms with Crippen LogP contribution in [0.25, 0.3) is 0 Å². The summed E-state index contributed by atoms with van der Waals surface area (Å²) in [5, 5.41) is 9.32. The van der Waals surface area contributed by atoms with Gasteiger partial charge in [0.15, 0.2) is 0 Å². The summed E-state index contributed by atoms with van der Waals surface area (Å²) < 4.78 is 0.787. The van der Waals surface area contributed by atoms with Crippen LogP contribution in [0.3, 0.4) is 0 Å². The zero-order chi connectivity index (χ0) is 13.0. The van der Waals surface area contributed by atoms with E-state index < -0.39 is 0 Å². The largest absolute Gasteiger partial charge is 0.393 e. The van der Waals surface area contributed by atoms with Gasteiger partial charge in [0, 0.05) is 17.5 Å². The SMILES string of the molecule is CC(O)CCN(C)C(c1ccc(Cl)s1)C(C)N. The number of aliphatic hydroxyl groups excluding tert-OH is 1. The van der Waals surface area contributed by atoms with Crippen molar-refractivity contribution in [1.29, 1.82) is 0 Å². The van der Waals surface area contributed by atoms with Crippen molar-refractivity contribution in [2.75, 3.05) is 13.6 Å². The third-order valence-electron chi connectivity index (χ3n) is 2.76. The highest BCUT2D eigenvalue weighted by atomic mass is 35.5. The number of halogens is 1. The second-order valence-electron chi connectivity index (χ2n) is 4.56. The van der Waals surface area contributed by atoms with E-state index >= 15 is 0 Å². The Bertz CT molecular complexity index is 341. The maximum absolute atomic E-state index is 9.32. The molecule has 0 aliphatic heterocycles. The van der Waals surface area contributed by atoms with Crippen LogP contribution in [0.2, 0.25) is 4.34 Å². The molecule has 3 N–H and O–H groups in total. The van der Waals surface area contributed by atoms with Crippen LogP contribution >= 0.6 is 22.9 Å². The molecule has 1 rings (SSSR count).